The van der Waals surface area contributed by atoms with Crippen LogP contribution < -0.4 is 10.1 Å². The van der Waals surface area contributed by atoms with Crippen molar-refractivity contribution in [3.05, 3.63) is 65.6 Å². The summed E-state index contributed by atoms with van der Waals surface area (Å²) < 4.78 is 41.7. The lowest BCUT2D eigenvalue weighted by Crippen LogP contribution is -2.13. The number of hydrogen-bond acceptors (Lipinski definition) is 3. The Labute approximate surface area is 146 Å². The van der Waals surface area contributed by atoms with Crippen LogP contribution in [0.2, 0.25) is 0 Å². The summed E-state index contributed by atoms with van der Waals surface area (Å²) >= 11 is 0. The first-order chi connectivity index (χ1) is 12.4. The molecule has 0 radical (unpaired) electrons. The van der Waals surface area contributed by atoms with E-state index in [1.165, 1.54) is 36.4 Å². The number of benzene rings is 2. The van der Waals surface area contributed by atoms with Gasteiger partial charge in [0.2, 0.25) is 0 Å². The third-order valence-electron chi connectivity index (χ3n) is 3.63. The van der Waals surface area contributed by atoms with Crippen LogP contribution in [0.15, 0.2) is 48.5 Å². The van der Waals surface area contributed by atoms with Crippen LogP contribution >= 0.6 is 0 Å². The lowest BCUT2D eigenvalue weighted by atomic mass is 10.1. The number of aromatic nitrogens is 2. The molecule has 1 heterocycles. The fraction of sp³-hybridized carbons (Fsp3) is 0.111. The molecule has 0 atom stereocenters. The molecule has 2 aromatic carbocycles. The number of aryl methyl sites for hydroxylation is 1. The number of rotatable bonds is 5. The molecule has 3 aromatic rings. The van der Waals surface area contributed by atoms with E-state index in [1.54, 1.807) is 19.1 Å². The molecule has 0 unspecified atom stereocenters. The molecular formula is C18H14F3N3O2. The van der Waals surface area contributed by atoms with Crippen molar-refractivity contribution in [2.24, 2.45) is 0 Å². The minimum absolute atomic E-state index is 0.00985. The van der Waals surface area contributed by atoms with Crippen LogP contribution in [0.4, 0.5) is 18.9 Å². The highest BCUT2D eigenvalue weighted by atomic mass is 19.3. The quantitative estimate of drug-likeness (QED) is 0.709. The van der Waals surface area contributed by atoms with E-state index in [2.05, 4.69) is 20.3 Å². The highest BCUT2D eigenvalue weighted by Crippen LogP contribution is 2.24. The Balaban J connectivity index is 1.73. The molecule has 1 amide bonds. The number of nitrogens with one attached hydrogen (secondary N) is 2. The lowest BCUT2D eigenvalue weighted by Gasteiger charge is -2.10. The van der Waals surface area contributed by atoms with Gasteiger partial charge in [-0.2, -0.15) is 13.9 Å². The third-order valence-corrected chi connectivity index (χ3v) is 3.63. The molecule has 0 saturated heterocycles. The van der Waals surface area contributed by atoms with Gasteiger partial charge < -0.3 is 10.1 Å². The number of H-pyrrole nitrogens is 1. The standard InChI is InChI=1S/C18H14F3N3O2/c1-10-8-13(26-18(20)21)6-7-14(10)22-17(25)16-9-15(23-24-16)11-2-4-12(19)5-3-11/h2-9,18H,1H3,(H,22,25)(H,23,24). The van der Waals surface area contributed by atoms with E-state index < -0.39 is 12.5 Å². The Bertz CT molecular complexity index is 924. The fourth-order valence-corrected chi connectivity index (χ4v) is 2.35. The van der Waals surface area contributed by atoms with Crippen molar-refractivity contribution in [2.45, 2.75) is 13.5 Å². The monoisotopic (exact) mass is 361 g/mol. The molecule has 5 nitrogen and oxygen atoms in total. The van der Waals surface area contributed by atoms with Crippen molar-refractivity contribution in [1.82, 2.24) is 10.2 Å². The minimum atomic E-state index is -2.91. The van der Waals surface area contributed by atoms with Gasteiger partial charge in [0.1, 0.15) is 17.3 Å². The predicted molar refractivity (Wildman–Crippen MR) is 89.7 cm³/mol. The van der Waals surface area contributed by atoms with Crippen LogP contribution in [0.1, 0.15) is 16.1 Å². The minimum Gasteiger partial charge on any atom is -0.435 e. The average molecular weight is 361 g/mol. The second-order valence-corrected chi connectivity index (χ2v) is 5.48. The molecule has 134 valence electrons. The number of amides is 1. The van der Waals surface area contributed by atoms with E-state index in [9.17, 15) is 18.0 Å². The molecule has 0 aliphatic rings. The zero-order valence-electron chi connectivity index (χ0n) is 13.6. The number of alkyl halides is 2. The number of hydrogen-bond donors (Lipinski definition) is 2. The van der Waals surface area contributed by atoms with Gasteiger partial charge in [-0.3, -0.25) is 9.89 Å². The van der Waals surface area contributed by atoms with Crippen LogP contribution in [0.3, 0.4) is 0 Å². The number of halogens is 3. The van der Waals surface area contributed by atoms with Crippen LogP contribution in [-0.2, 0) is 0 Å². The second kappa shape index (κ2) is 7.30. The summed E-state index contributed by atoms with van der Waals surface area (Å²) in [5, 5.41) is 9.32. The highest BCUT2D eigenvalue weighted by Gasteiger charge is 2.13. The summed E-state index contributed by atoms with van der Waals surface area (Å²) in [4.78, 5) is 12.3. The number of carbonyl (C=O) groups is 1. The van der Waals surface area contributed by atoms with E-state index in [0.29, 0.717) is 22.5 Å². The van der Waals surface area contributed by atoms with Crippen molar-refractivity contribution < 1.29 is 22.7 Å². The van der Waals surface area contributed by atoms with Crippen LogP contribution in [0.5, 0.6) is 5.75 Å². The van der Waals surface area contributed by atoms with Gasteiger partial charge in [0.15, 0.2) is 0 Å². The van der Waals surface area contributed by atoms with Gasteiger partial charge >= 0.3 is 6.61 Å². The Kier molecular flexibility index (Phi) is 4.92. The van der Waals surface area contributed by atoms with Crippen LogP contribution in [0, 0.1) is 12.7 Å². The molecule has 0 spiro atoms. The van der Waals surface area contributed by atoms with E-state index in [0.717, 1.165) is 0 Å². The normalized spacial score (nSPS) is 10.8. The number of carbonyl (C=O) groups excluding carboxylic acids is 1. The summed E-state index contributed by atoms with van der Waals surface area (Å²) in [6.07, 6.45) is 0. The lowest BCUT2D eigenvalue weighted by molar-refractivity contribution is -0.0498. The van der Waals surface area contributed by atoms with Gasteiger partial charge in [-0.05, 0) is 61.0 Å². The maximum atomic E-state index is 13.0. The molecule has 2 N–H and O–H groups in total. The number of nitrogens with zero attached hydrogens (tertiary/aromatic N) is 1. The molecule has 0 aliphatic carbocycles. The summed E-state index contributed by atoms with van der Waals surface area (Å²) in [5.41, 5.74) is 2.37. The van der Waals surface area contributed by atoms with Crippen LogP contribution in [-0.4, -0.2) is 22.7 Å². The van der Waals surface area contributed by atoms with E-state index in [-0.39, 0.29) is 17.3 Å². The number of anilines is 1. The maximum Gasteiger partial charge on any atom is 0.387 e. The van der Waals surface area contributed by atoms with Gasteiger partial charge in [0, 0.05) is 11.3 Å². The SMILES string of the molecule is Cc1cc(OC(F)F)ccc1NC(=O)c1cc(-c2ccc(F)cc2)n[nH]1. The summed E-state index contributed by atoms with van der Waals surface area (Å²) in [6, 6.07) is 11.5. The van der Waals surface area contributed by atoms with E-state index in [4.69, 9.17) is 0 Å². The first-order valence-electron chi connectivity index (χ1n) is 7.60. The topological polar surface area (TPSA) is 67.0 Å². The summed E-state index contributed by atoms with van der Waals surface area (Å²) in [7, 11) is 0. The third kappa shape index (κ3) is 4.02. The van der Waals surface area contributed by atoms with E-state index >= 15 is 0 Å². The molecule has 0 fully saturated rings. The Morgan fingerprint density at radius 2 is 1.88 bits per heavy atom. The largest absolute Gasteiger partial charge is 0.435 e. The van der Waals surface area contributed by atoms with Crippen molar-refractivity contribution in [1.29, 1.82) is 0 Å². The number of ether oxygens (including phenoxy) is 1. The molecule has 1 aromatic heterocycles. The molecule has 3 rings (SSSR count). The van der Waals surface area contributed by atoms with E-state index in [1.807, 2.05) is 0 Å². The van der Waals surface area contributed by atoms with Crippen LogP contribution in [0.25, 0.3) is 11.3 Å². The maximum absolute atomic E-state index is 13.0. The Hall–Kier alpha value is -3.29. The zero-order chi connectivity index (χ0) is 18.7. The van der Waals surface area contributed by atoms with Crippen molar-refractivity contribution in [3.8, 4) is 17.0 Å². The smallest absolute Gasteiger partial charge is 0.387 e. The highest BCUT2D eigenvalue weighted by molar-refractivity contribution is 6.03. The van der Waals surface area contributed by atoms with Crippen molar-refractivity contribution >= 4 is 11.6 Å². The Morgan fingerprint density at radius 3 is 2.54 bits per heavy atom. The van der Waals surface area contributed by atoms with Gasteiger partial charge in [-0.25, -0.2) is 4.39 Å². The molecule has 26 heavy (non-hydrogen) atoms. The van der Waals surface area contributed by atoms with Gasteiger partial charge in [-0.1, -0.05) is 0 Å². The molecule has 0 saturated carbocycles. The van der Waals surface area contributed by atoms with Gasteiger partial charge in [0.05, 0.1) is 5.69 Å². The summed E-state index contributed by atoms with van der Waals surface area (Å²) in [6.45, 7) is -1.25. The number of aromatic amines is 1. The molecular weight excluding hydrogens is 347 g/mol. The molecule has 0 aliphatic heterocycles. The van der Waals surface area contributed by atoms with Crippen molar-refractivity contribution in [3.63, 3.8) is 0 Å². The first-order valence-corrected chi connectivity index (χ1v) is 7.60. The summed E-state index contributed by atoms with van der Waals surface area (Å²) in [5.74, 6) is -0.802. The first kappa shape index (κ1) is 17.5. The Morgan fingerprint density at radius 1 is 1.15 bits per heavy atom. The molecule has 0 bridgehead atoms. The average Bonchev–Trinajstić information content (AvgIpc) is 3.07. The second-order valence-electron chi connectivity index (χ2n) is 5.48. The van der Waals surface area contributed by atoms with Gasteiger partial charge in [-0.15, -0.1) is 0 Å². The van der Waals surface area contributed by atoms with Gasteiger partial charge in [0.25, 0.3) is 5.91 Å². The molecule has 8 heteroatoms. The zero-order valence-corrected chi connectivity index (χ0v) is 13.6. The fourth-order valence-electron chi connectivity index (χ4n) is 2.35. The van der Waals surface area contributed by atoms with Crippen molar-refractivity contribution in [2.75, 3.05) is 5.32 Å². The predicted octanol–water partition coefficient (Wildman–Crippen LogP) is 4.38.